The van der Waals surface area contributed by atoms with Crippen LogP contribution >= 0.6 is 15.9 Å². The van der Waals surface area contributed by atoms with Gasteiger partial charge in [0.2, 0.25) is 0 Å². The van der Waals surface area contributed by atoms with E-state index in [9.17, 15) is 8.42 Å². The summed E-state index contributed by atoms with van der Waals surface area (Å²) < 4.78 is 33.4. The summed E-state index contributed by atoms with van der Waals surface area (Å²) in [4.78, 5) is 0.222. The Kier molecular flexibility index (Phi) is 5.37. The van der Waals surface area contributed by atoms with Crippen LogP contribution in [0.1, 0.15) is 19.4 Å². The minimum absolute atomic E-state index is 0.205. The van der Waals surface area contributed by atoms with Gasteiger partial charge in [0.25, 0.3) is 10.0 Å². The van der Waals surface area contributed by atoms with Gasteiger partial charge >= 0.3 is 0 Å². The number of anilines is 1. The van der Waals surface area contributed by atoms with Crippen LogP contribution in [-0.2, 0) is 10.0 Å². The molecule has 0 radical (unpaired) electrons. The number of nitrogens with zero attached hydrogens (tertiary/aromatic N) is 1. The summed E-state index contributed by atoms with van der Waals surface area (Å²) in [6.07, 6.45) is 0. The molecule has 0 saturated heterocycles. The molecule has 0 fully saturated rings. The molecule has 2 rings (SSSR count). The summed E-state index contributed by atoms with van der Waals surface area (Å²) in [7, 11) is -2.12. The summed E-state index contributed by atoms with van der Waals surface area (Å²) in [6.45, 7) is 5.69. The molecule has 0 aliphatic rings. The van der Waals surface area contributed by atoms with Crippen molar-refractivity contribution in [2.75, 3.05) is 11.4 Å². The molecule has 0 saturated carbocycles. The fraction of sp³-hybridized carbons (Fsp3) is 0.294. The second kappa shape index (κ2) is 6.93. The summed E-state index contributed by atoms with van der Waals surface area (Å²) in [6, 6.07) is 12.0. The highest BCUT2D eigenvalue weighted by Gasteiger charge is 2.28. The molecule has 0 aliphatic heterocycles. The maximum Gasteiger partial charge on any atom is 0.264 e. The highest BCUT2D eigenvalue weighted by atomic mass is 79.9. The molecule has 0 atom stereocenters. The first-order chi connectivity index (χ1) is 10.8. The number of aryl methyl sites for hydroxylation is 1. The molecule has 0 amide bonds. The summed E-state index contributed by atoms with van der Waals surface area (Å²) >= 11 is 3.34. The zero-order valence-electron chi connectivity index (χ0n) is 13.6. The van der Waals surface area contributed by atoms with Crippen LogP contribution in [0.2, 0.25) is 0 Å². The summed E-state index contributed by atoms with van der Waals surface area (Å²) in [5.74, 6) is 0.593. The quantitative estimate of drug-likeness (QED) is 0.752. The molecular formula is C17H20BrNO3S. The summed E-state index contributed by atoms with van der Waals surface area (Å²) in [5, 5.41) is 0. The molecule has 124 valence electrons. The Labute approximate surface area is 146 Å². The van der Waals surface area contributed by atoms with Crippen LogP contribution in [0.5, 0.6) is 5.75 Å². The number of sulfonamides is 1. The number of benzene rings is 2. The standard InChI is InChI=1S/C17H20BrNO3S/c1-12(2)19(14-7-5-13(3)6-8-14)23(20,21)15-9-10-17(22-4)16(18)11-15/h5-12H,1-4H3. The van der Waals surface area contributed by atoms with Gasteiger partial charge in [0, 0.05) is 6.04 Å². The molecular weight excluding hydrogens is 378 g/mol. The van der Waals surface area contributed by atoms with Crippen LogP contribution < -0.4 is 9.04 Å². The molecule has 0 spiro atoms. The van der Waals surface area contributed by atoms with Crippen LogP contribution in [0.3, 0.4) is 0 Å². The molecule has 0 N–H and O–H groups in total. The first kappa shape index (κ1) is 17.8. The van der Waals surface area contributed by atoms with Gasteiger partial charge in [-0.05, 0) is 67.0 Å². The lowest BCUT2D eigenvalue weighted by Crippen LogP contribution is -2.37. The second-order valence-electron chi connectivity index (χ2n) is 5.53. The van der Waals surface area contributed by atoms with Crippen molar-refractivity contribution in [1.29, 1.82) is 0 Å². The predicted molar refractivity (Wildman–Crippen MR) is 96.7 cm³/mol. The van der Waals surface area contributed by atoms with Crippen molar-refractivity contribution >= 4 is 31.6 Å². The molecule has 4 nitrogen and oxygen atoms in total. The van der Waals surface area contributed by atoms with E-state index in [2.05, 4.69) is 15.9 Å². The van der Waals surface area contributed by atoms with Crippen molar-refractivity contribution < 1.29 is 13.2 Å². The first-order valence-electron chi connectivity index (χ1n) is 7.22. The molecule has 0 bridgehead atoms. The third-order valence-electron chi connectivity index (χ3n) is 3.44. The predicted octanol–water partition coefficient (Wildman–Crippen LogP) is 4.37. The average molecular weight is 398 g/mol. The van der Waals surface area contributed by atoms with E-state index in [4.69, 9.17) is 4.74 Å². The van der Waals surface area contributed by atoms with E-state index in [0.29, 0.717) is 15.9 Å². The van der Waals surface area contributed by atoms with Crippen molar-refractivity contribution in [3.8, 4) is 5.75 Å². The average Bonchev–Trinajstić information content (AvgIpc) is 2.48. The molecule has 0 heterocycles. The topological polar surface area (TPSA) is 46.6 Å². The number of hydrogen-bond donors (Lipinski definition) is 0. The maximum absolute atomic E-state index is 13.1. The van der Waals surface area contributed by atoms with Crippen LogP contribution in [0.4, 0.5) is 5.69 Å². The molecule has 2 aromatic carbocycles. The number of methoxy groups -OCH3 is 1. The number of hydrogen-bond acceptors (Lipinski definition) is 3. The lowest BCUT2D eigenvalue weighted by atomic mass is 10.2. The van der Waals surface area contributed by atoms with Crippen molar-refractivity contribution in [2.45, 2.75) is 31.7 Å². The Bertz CT molecular complexity index is 786. The Hall–Kier alpha value is -1.53. The zero-order valence-corrected chi connectivity index (χ0v) is 16.0. The van der Waals surface area contributed by atoms with Gasteiger partial charge in [0.05, 0.1) is 22.2 Å². The molecule has 0 aromatic heterocycles. The van der Waals surface area contributed by atoms with Gasteiger partial charge in [-0.15, -0.1) is 0 Å². The van der Waals surface area contributed by atoms with E-state index < -0.39 is 10.0 Å². The second-order valence-corrected chi connectivity index (χ2v) is 8.20. The fourth-order valence-corrected chi connectivity index (χ4v) is 4.71. The van der Waals surface area contributed by atoms with Gasteiger partial charge in [-0.2, -0.15) is 0 Å². The lowest BCUT2D eigenvalue weighted by Gasteiger charge is -2.28. The van der Waals surface area contributed by atoms with Crippen LogP contribution in [0.15, 0.2) is 51.8 Å². The molecule has 23 heavy (non-hydrogen) atoms. The molecule has 2 aromatic rings. The Balaban J connectivity index is 2.53. The van der Waals surface area contributed by atoms with E-state index in [-0.39, 0.29) is 10.9 Å². The molecule has 6 heteroatoms. The molecule has 0 unspecified atom stereocenters. The van der Waals surface area contributed by atoms with Crippen LogP contribution in [-0.4, -0.2) is 21.6 Å². The highest BCUT2D eigenvalue weighted by Crippen LogP contribution is 2.31. The van der Waals surface area contributed by atoms with Gasteiger partial charge in [-0.25, -0.2) is 8.42 Å². The van der Waals surface area contributed by atoms with Crippen molar-refractivity contribution in [3.63, 3.8) is 0 Å². The van der Waals surface area contributed by atoms with E-state index in [1.165, 1.54) is 4.31 Å². The Morgan fingerprint density at radius 3 is 2.17 bits per heavy atom. The smallest absolute Gasteiger partial charge is 0.264 e. The van der Waals surface area contributed by atoms with Gasteiger partial charge < -0.3 is 4.74 Å². The van der Waals surface area contributed by atoms with Gasteiger partial charge in [-0.1, -0.05) is 17.7 Å². The highest BCUT2D eigenvalue weighted by molar-refractivity contribution is 9.10. The van der Waals surface area contributed by atoms with Crippen LogP contribution in [0.25, 0.3) is 0 Å². The minimum Gasteiger partial charge on any atom is -0.496 e. The van der Waals surface area contributed by atoms with E-state index in [1.807, 2.05) is 45.0 Å². The number of rotatable bonds is 5. The van der Waals surface area contributed by atoms with Gasteiger partial charge in [0.1, 0.15) is 5.75 Å². The van der Waals surface area contributed by atoms with Crippen LogP contribution in [0, 0.1) is 6.92 Å². The Morgan fingerprint density at radius 2 is 1.70 bits per heavy atom. The van der Waals surface area contributed by atoms with Gasteiger partial charge in [0.15, 0.2) is 0 Å². The third kappa shape index (κ3) is 3.70. The fourth-order valence-electron chi connectivity index (χ4n) is 2.33. The number of ether oxygens (including phenoxy) is 1. The monoisotopic (exact) mass is 397 g/mol. The largest absolute Gasteiger partial charge is 0.496 e. The van der Waals surface area contributed by atoms with Crippen molar-refractivity contribution in [3.05, 3.63) is 52.5 Å². The van der Waals surface area contributed by atoms with E-state index >= 15 is 0 Å². The first-order valence-corrected chi connectivity index (χ1v) is 9.45. The Morgan fingerprint density at radius 1 is 1.09 bits per heavy atom. The molecule has 0 aliphatic carbocycles. The zero-order chi connectivity index (χ0) is 17.2. The van der Waals surface area contributed by atoms with Gasteiger partial charge in [-0.3, -0.25) is 4.31 Å². The number of halogens is 1. The third-order valence-corrected chi connectivity index (χ3v) is 6.06. The lowest BCUT2D eigenvalue weighted by molar-refractivity contribution is 0.411. The maximum atomic E-state index is 13.1. The van der Waals surface area contributed by atoms with E-state index in [1.54, 1.807) is 25.3 Å². The minimum atomic E-state index is -3.67. The van der Waals surface area contributed by atoms with Crippen molar-refractivity contribution in [1.82, 2.24) is 0 Å². The summed E-state index contributed by atoms with van der Waals surface area (Å²) in [5.41, 5.74) is 1.74. The normalized spacial score (nSPS) is 11.6. The SMILES string of the molecule is COc1ccc(S(=O)(=O)N(c2ccc(C)cc2)C(C)C)cc1Br. The van der Waals surface area contributed by atoms with Crippen molar-refractivity contribution in [2.24, 2.45) is 0 Å². The van der Waals surface area contributed by atoms with E-state index in [0.717, 1.165) is 5.56 Å².